The summed E-state index contributed by atoms with van der Waals surface area (Å²) in [7, 11) is 0. The highest BCUT2D eigenvalue weighted by Crippen LogP contribution is 2.20. The Morgan fingerprint density at radius 2 is 2.30 bits per heavy atom. The molecule has 2 heterocycles. The molecule has 0 aromatic carbocycles. The van der Waals surface area contributed by atoms with Gasteiger partial charge >= 0.3 is 5.97 Å². The molecule has 0 bridgehead atoms. The zero-order valence-corrected chi connectivity index (χ0v) is 11.4. The number of amides is 1. The van der Waals surface area contributed by atoms with Gasteiger partial charge in [0.05, 0.1) is 6.54 Å². The van der Waals surface area contributed by atoms with Gasteiger partial charge in [0.25, 0.3) is 11.5 Å². The average Bonchev–Trinajstić information content (AvgIpc) is 2.85. The number of aromatic nitrogens is 2. The number of hydrogen-bond donors (Lipinski definition) is 3. The van der Waals surface area contributed by atoms with Gasteiger partial charge in [-0.15, -0.1) is 0 Å². The minimum atomic E-state index is -2.09. The monoisotopic (exact) mass is 299 g/mol. The number of rotatable bonds is 4. The number of fused-ring (bicyclic) bond motifs is 1. The number of carboxylic acids is 1. The van der Waals surface area contributed by atoms with Crippen molar-refractivity contribution in [2.24, 2.45) is 0 Å². The third-order valence-electron chi connectivity index (χ3n) is 2.86. The van der Waals surface area contributed by atoms with E-state index in [-0.39, 0.29) is 5.56 Å². The van der Waals surface area contributed by atoms with Crippen molar-refractivity contribution in [3.05, 3.63) is 22.1 Å². The molecule has 3 N–H and O–H groups in total. The summed E-state index contributed by atoms with van der Waals surface area (Å²) >= 11 is 1.43. The third kappa shape index (κ3) is 2.68. The number of thioether (sulfide) groups is 1. The van der Waals surface area contributed by atoms with E-state index in [4.69, 9.17) is 5.11 Å². The van der Waals surface area contributed by atoms with Gasteiger partial charge in [0.2, 0.25) is 0 Å². The Bertz CT molecular complexity index is 625. The molecule has 0 radical (unpaired) electrons. The molecule has 2 rings (SSSR count). The predicted octanol–water partition coefficient (Wildman–Crippen LogP) is -1.09. The average molecular weight is 299 g/mol. The van der Waals surface area contributed by atoms with Gasteiger partial charge < -0.3 is 15.5 Å². The quantitative estimate of drug-likeness (QED) is 0.604. The molecule has 1 aliphatic heterocycles. The maximum atomic E-state index is 12.0. The van der Waals surface area contributed by atoms with E-state index in [1.807, 2.05) is 0 Å². The van der Waals surface area contributed by atoms with E-state index in [0.717, 1.165) is 18.9 Å². The largest absolute Gasteiger partial charge is 0.479 e. The fraction of sp³-hybridized carbons (Fsp3) is 0.455. The van der Waals surface area contributed by atoms with Crippen molar-refractivity contribution in [2.75, 3.05) is 12.3 Å². The molecular weight excluding hydrogens is 286 g/mol. The van der Waals surface area contributed by atoms with Crippen LogP contribution in [-0.4, -0.2) is 49.5 Å². The lowest BCUT2D eigenvalue weighted by Gasteiger charge is -2.18. The van der Waals surface area contributed by atoms with Crippen LogP contribution in [0.1, 0.15) is 17.3 Å². The molecule has 20 heavy (non-hydrogen) atoms. The summed E-state index contributed by atoms with van der Waals surface area (Å²) in [4.78, 5) is 38.6. The van der Waals surface area contributed by atoms with Crippen LogP contribution >= 0.6 is 11.8 Å². The lowest BCUT2D eigenvalue weighted by Crippen LogP contribution is -2.47. The maximum Gasteiger partial charge on any atom is 0.337 e. The molecule has 8 nitrogen and oxygen atoms in total. The molecule has 1 aliphatic rings. The third-order valence-corrected chi connectivity index (χ3v) is 3.83. The van der Waals surface area contributed by atoms with Gasteiger partial charge in [-0.3, -0.25) is 14.2 Å². The Hall–Kier alpha value is -1.87. The van der Waals surface area contributed by atoms with Crippen molar-refractivity contribution >= 4 is 23.6 Å². The molecular formula is C11H13N3O5S. The van der Waals surface area contributed by atoms with Crippen molar-refractivity contribution in [2.45, 2.75) is 24.2 Å². The molecule has 1 unspecified atom stereocenters. The first kappa shape index (κ1) is 14.5. The summed E-state index contributed by atoms with van der Waals surface area (Å²) in [6.45, 7) is 1.04. The number of carbonyl (C=O) groups excluding carboxylic acids is 1. The van der Waals surface area contributed by atoms with Gasteiger partial charge in [0.1, 0.15) is 5.56 Å². The summed E-state index contributed by atoms with van der Waals surface area (Å²) in [5, 5.41) is 21.0. The highest BCUT2D eigenvalue weighted by atomic mass is 32.2. The molecule has 0 saturated heterocycles. The number of nitrogens with zero attached hydrogens (tertiary/aromatic N) is 2. The Kier molecular flexibility index (Phi) is 3.82. The molecule has 108 valence electrons. The second-order valence-electron chi connectivity index (χ2n) is 4.52. The smallest absolute Gasteiger partial charge is 0.337 e. The van der Waals surface area contributed by atoms with Gasteiger partial charge in [-0.1, -0.05) is 11.8 Å². The van der Waals surface area contributed by atoms with Crippen molar-refractivity contribution in [3.8, 4) is 0 Å². The zero-order valence-electron chi connectivity index (χ0n) is 10.6. The number of carboxylic acid groups (broad SMARTS) is 1. The molecule has 0 fully saturated rings. The van der Waals surface area contributed by atoms with Crippen molar-refractivity contribution in [1.82, 2.24) is 14.9 Å². The number of aliphatic carboxylic acids is 1. The van der Waals surface area contributed by atoms with Gasteiger partial charge in [0, 0.05) is 18.5 Å². The van der Waals surface area contributed by atoms with E-state index in [0.29, 0.717) is 11.7 Å². The Labute approximate surface area is 117 Å². The van der Waals surface area contributed by atoms with Crippen LogP contribution in [0, 0.1) is 0 Å². The number of carbonyl (C=O) groups is 2. The maximum absolute atomic E-state index is 12.0. The Balaban J connectivity index is 2.15. The minimum Gasteiger partial charge on any atom is -0.479 e. The van der Waals surface area contributed by atoms with E-state index < -0.39 is 29.6 Å². The van der Waals surface area contributed by atoms with Crippen LogP contribution in [0.15, 0.2) is 16.1 Å². The van der Waals surface area contributed by atoms with Gasteiger partial charge in [-0.2, -0.15) is 0 Å². The molecule has 1 aromatic rings. The van der Waals surface area contributed by atoms with Crippen LogP contribution < -0.4 is 10.9 Å². The standard InChI is InChI=1S/C11H13N3O5S/c1-11(19,9(17)18)5-13-7(15)6-4-12-10-14(8(6)16)2-3-20-10/h4,19H,2-3,5H2,1H3,(H,13,15)(H,17,18). The normalized spacial score (nSPS) is 16.3. The fourth-order valence-corrected chi connectivity index (χ4v) is 2.51. The first-order chi connectivity index (χ1) is 9.33. The molecule has 1 amide bonds. The van der Waals surface area contributed by atoms with E-state index in [1.54, 1.807) is 0 Å². The lowest BCUT2D eigenvalue weighted by atomic mass is 10.1. The van der Waals surface area contributed by atoms with Gasteiger partial charge in [-0.05, 0) is 6.92 Å². The summed E-state index contributed by atoms with van der Waals surface area (Å²) in [6.07, 6.45) is 1.16. The van der Waals surface area contributed by atoms with Crippen LogP contribution in [0.25, 0.3) is 0 Å². The van der Waals surface area contributed by atoms with Crippen molar-refractivity contribution < 1.29 is 19.8 Å². The van der Waals surface area contributed by atoms with E-state index in [9.17, 15) is 19.5 Å². The lowest BCUT2D eigenvalue weighted by molar-refractivity contribution is -0.155. The second-order valence-corrected chi connectivity index (χ2v) is 5.58. The molecule has 0 saturated carbocycles. The number of nitrogens with one attached hydrogen (secondary N) is 1. The van der Waals surface area contributed by atoms with Crippen LogP contribution in [0.2, 0.25) is 0 Å². The molecule has 1 atom stereocenters. The Morgan fingerprint density at radius 3 is 2.95 bits per heavy atom. The van der Waals surface area contributed by atoms with E-state index in [2.05, 4.69) is 10.3 Å². The fourth-order valence-electron chi connectivity index (χ4n) is 1.60. The topological polar surface area (TPSA) is 122 Å². The summed E-state index contributed by atoms with van der Waals surface area (Å²) in [5.41, 5.74) is -2.73. The summed E-state index contributed by atoms with van der Waals surface area (Å²) in [6, 6.07) is 0. The SMILES string of the molecule is CC(O)(CNC(=O)c1cnc2n(c1=O)CCS2)C(=O)O. The summed E-state index contributed by atoms with van der Waals surface area (Å²) < 4.78 is 1.40. The van der Waals surface area contributed by atoms with Crippen molar-refractivity contribution in [1.29, 1.82) is 0 Å². The minimum absolute atomic E-state index is 0.169. The highest BCUT2D eigenvalue weighted by molar-refractivity contribution is 7.99. The molecule has 0 aliphatic carbocycles. The highest BCUT2D eigenvalue weighted by Gasteiger charge is 2.31. The van der Waals surface area contributed by atoms with Crippen LogP contribution in [-0.2, 0) is 11.3 Å². The van der Waals surface area contributed by atoms with Gasteiger partial charge in [0.15, 0.2) is 10.8 Å². The summed E-state index contributed by atoms with van der Waals surface area (Å²) in [5.74, 6) is -1.49. The molecule has 0 spiro atoms. The zero-order chi connectivity index (χ0) is 14.9. The van der Waals surface area contributed by atoms with Crippen LogP contribution in [0.3, 0.4) is 0 Å². The van der Waals surface area contributed by atoms with Crippen LogP contribution in [0.4, 0.5) is 0 Å². The van der Waals surface area contributed by atoms with Crippen molar-refractivity contribution in [3.63, 3.8) is 0 Å². The van der Waals surface area contributed by atoms with E-state index >= 15 is 0 Å². The second kappa shape index (κ2) is 5.25. The van der Waals surface area contributed by atoms with E-state index in [1.165, 1.54) is 16.3 Å². The molecule has 1 aromatic heterocycles. The van der Waals surface area contributed by atoms with Gasteiger partial charge in [-0.25, -0.2) is 9.78 Å². The number of hydrogen-bond acceptors (Lipinski definition) is 6. The predicted molar refractivity (Wildman–Crippen MR) is 69.8 cm³/mol. The first-order valence-corrected chi connectivity index (χ1v) is 6.78. The Morgan fingerprint density at radius 1 is 1.60 bits per heavy atom. The van der Waals surface area contributed by atoms with Crippen LogP contribution in [0.5, 0.6) is 0 Å². The number of aliphatic hydroxyl groups is 1. The molecule has 9 heteroatoms. The first-order valence-electron chi connectivity index (χ1n) is 5.79.